The fraction of sp³-hybridized carbons (Fsp3) is 0.316. The lowest BCUT2D eigenvalue weighted by Gasteiger charge is -2.14. The topological polar surface area (TPSA) is 47.6 Å². The Morgan fingerprint density at radius 3 is 2.04 bits per heavy atom. The second-order valence-corrected chi connectivity index (χ2v) is 5.17. The van der Waals surface area contributed by atoms with Crippen molar-refractivity contribution < 1.29 is 14.3 Å². The van der Waals surface area contributed by atoms with E-state index in [1.165, 1.54) is 0 Å². The molecule has 23 heavy (non-hydrogen) atoms. The summed E-state index contributed by atoms with van der Waals surface area (Å²) in [6, 6.07) is 13.3. The molecule has 0 unspecified atom stereocenters. The number of ether oxygens (including phenoxy) is 2. The van der Waals surface area contributed by atoms with Crippen molar-refractivity contribution in [2.24, 2.45) is 0 Å². The standard InChI is InChI=1S/C19H23NO3/c1-4-14-7-6-8-15(5-2)19(14)20-18(21)13-23-17-11-9-16(22-3)10-12-17/h6-12H,4-5,13H2,1-3H3,(H,20,21). The van der Waals surface area contributed by atoms with Crippen molar-refractivity contribution in [2.75, 3.05) is 19.0 Å². The highest BCUT2D eigenvalue weighted by Crippen LogP contribution is 2.22. The molecular formula is C19H23NO3. The smallest absolute Gasteiger partial charge is 0.262 e. The summed E-state index contributed by atoms with van der Waals surface area (Å²) < 4.78 is 10.6. The number of para-hydroxylation sites is 1. The van der Waals surface area contributed by atoms with Crippen LogP contribution < -0.4 is 14.8 Å². The largest absolute Gasteiger partial charge is 0.497 e. The fourth-order valence-electron chi connectivity index (χ4n) is 2.40. The Morgan fingerprint density at radius 1 is 0.957 bits per heavy atom. The van der Waals surface area contributed by atoms with Crippen molar-refractivity contribution >= 4 is 11.6 Å². The molecule has 0 aliphatic rings. The molecule has 122 valence electrons. The Labute approximate surface area is 137 Å². The van der Waals surface area contributed by atoms with Crippen LogP contribution in [0.15, 0.2) is 42.5 Å². The van der Waals surface area contributed by atoms with Crippen LogP contribution in [-0.4, -0.2) is 19.6 Å². The average molecular weight is 313 g/mol. The van der Waals surface area contributed by atoms with Gasteiger partial charge in [-0.1, -0.05) is 32.0 Å². The maximum absolute atomic E-state index is 12.2. The van der Waals surface area contributed by atoms with E-state index in [9.17, 15) is 4.79 Å². The summed E-state index contributed by atoms with van der Waals surface area (Å²) in [7, 11) is 1.61. The predicted molar refractivity (Wildman–Crippen MR) is 92.3 cm³/mol. The Kier molecular flexibility index (Phi) is 6.03. The molecule has 0 aliphatic carbocycles. The molecule has 0 aromatic heterocycles. The van der Waals surface area contributed by atoms with Crippen molar-refractivity contribution in [2.45, 2.75) is 26.7 Å². The molecule has 4 nitrogen and oxygen atoms in total. The summed E-state index contributed by atoms with van der Waals surface area (Å²) >= 11 is 0. The fourth-order valence-corrected chi connectivity index (χ4v) is 2.40. The number of rotatable bonds is 7. The number of methoxy groups -OCH3 is 1. The quantitative estimate of drug-likeness (QED) is 0.845. The number of benzene rings is 2. The van der Waals surface area contributed by atoms with Gasteiger partial charge in [0.1, 0.15) is 11.5 Å². The minimum atomic E-state index is -0.156. The van der Waals surface area contributed by atoms with Gasteiger partial charge in [0.2, 0.25) is 0 Å². The highest BCUT2D eigenvalue weighted by atomic mass is 16.5. The highest BCUT2D eigenvalue weighted by Gasteiger charge is 2.10. The predicted octanol–water partition coefficient (Wildman–Crippen LogP) is 3.84. The van der Waals surface area contributed by atoms with Gasteiger partial charge in [0, 0.05) is 5.69 Å². The van der Waals surface area contributed by atoms with Crippen molar-refractivity contribution in [1.82, 2.24) is 0 Å². The molecule has 2 aromatic rings. The van der Waals surface area contributed by atoms with Gasteiger partial charge in [0.25, 0.3) is 5.91 Å². The number of amides is 1. The van der Waals surface area contributed by atoms with Crippen molar-refractivity contribution in [1.29, 1.82) is 0 Å². The van der Waals surface area contributed by atoms with Crippen molar-refractivity contribution in [3.05, 3.63) is 53.6 Å². The maximum atomic E-state index is 12.2. The normalized spacial score (nSPS) is 10.2. The van der Waals surface area contributed by atoms with Gasteiger partial charge in [0.05, 0.1) is 7.11 Å². The van der Waals surface area contributed by atoms with Gasteiger partial charge in [-0.2, -0.15) is 0 Å². The molecule has 0 bridgehead atoms. The monoisotopic (exact) mass is 313 g/mol. The number of carbonyl (C=O) groups excluding carboxylic acids is 1. The molecule has 2 aromatic carbocycles. The molecule has 1 N–H and O–H groups in total. The second-order valence-electron chi connectivity index (χ2n) is 5.17. The van der Waals surface area contributed by atoms with Gasteiger partial charge in [-0.25, -0.2) is 0 Å². The van der Waals surface area contributed by atoms with E-state index in [-0.39, 0.29) is 12.5 Å². The molecule has 0 fully saturated rings. The molecule has 0 atom stereocenters. The van der Waals surface area contributed by atoms with E-state index < -0.39 is 0 Å². The minimum absolute atomic E-state index is 0.0203. The lowest BCUT2D eigenvalue weighted by molar-refractivity contribution is -0.118. The first kappa shape index (κ1) is 16.9. The van der Waals surface area contributed by atoms with Crippen LogP contribution in [0.3, 0.4) is 0 Å². The van der Waals surface area contributed by atoms with E-state index in [2.05, 4.69) is 19.2 Å². The zero-order chi connectivity index (χ0) is 16.7. The first-order valence-electron chi connectivity index (χ1n) is 7.85. The van der Waals surface area contributed by atoms with Gasteiger partial charge in [0.15, 0.2) is 6.61 Å². The van der Waals surface area contributed by atoms with Crippen LogP contribution in [0, 0.1) is 0 Å². The van der Waals surface area contributed by atoms with Gasteiger partial charge in [-0.3, -0.25) is 4.79 Å². The third-order valence-electron chi connectivity index (χ3n) is 3.69. The van der Waals surface area contributed by atoms with Crippen LogP contribution in [0.5, 0.6) is 11.5 Å². The number of anilines is 1. The molecule has 0 spiro atoms. The number of aryl methyl sites for hydroxylation is 2. The zero-order valence-corrected chi connectivity index (χ0v) is 13.9. The van der Waals surface area contributed by atoms with Crippen LogP contribution in [0.25, 0.3) is 0 Å². The Hall–Kier alpha value is -2.49. The zero-order valence-electron chi connectivity index (χ0n) is 13.9. The van der Waals surface area contributed by atoms with Gasteiger partial charge >= 0.3 is 0 Å². The summed E-state index contributed by atoms with van der Waals surface area (Å²) in [4.78, 5) is 12.2. The first-order chi connectivity index (χ1) is 11.2. The van der Waals surface area contributed by atoms with Gasteiger partial charge < -0.3 is 14.8 Å². The van der Waals surface area contributed by atoms with Crippen LogP contribution in [-0.2, 0) is 17.6 Å². The van der Waals surface area contributed by atoms with E-state index >= 15 is 0 Å². The second kappa shape index (κ2) is 8.22. The Morgan fingerprint density at radius 2 is 1.52 bits per heavy atom. The molecular weight excluding hydrogens is 290 g/mol. The summed E-state index contributed by atoms with van der Waals surface area (Å²) in [6.45, 7) is 4.14. The molecule has 0 aliphatic heterocycles. The van der Waals surface area contributed by atoms with Crippen molar-refractivity contribution in [3.63, 3.8) is 0 Å². The molecule has 0 saturated carbocycles. The Balaban J connectivity index is 1.99. The maximum Gasteiger partial charge on any atom is 0.262 e. The highest BCUT2D eigenvalue weighted by molar-refractivity contribution is 5.93. The summed E-state index contributed by atoms with van der Waals surface area (Å²) in [6.07, 6.45) is 1.76. The average Bonchev–Trinajstić information content (AvgIpc) is 2.60. The molecule has 1 amide bonds. The molecule has 4 heteroatoms. The van der Waals surface area contributed by atoms with E-state index in [0.29, 0.717) is 5.75 Å². The molecule has 0 heterocycles. The van der Waals surface area contributed by atoms with Crippen LogP contribution >= 0.6 is 0 Å². The third-order valence-corrected chi connectivity index (χ3v) is 3.69. The molecule has 0 radical (unpaired) electrons. The Bertz CT molecular complexity index is 628. The van der Waals surface area contributed by atoms with Crippen LogP contribution in [0.4, 0.5) is 5.69 Å². The van der Waals surface area contributed by atoms with E-state index in [1.54, 1.807) is 31.4 Å². The lowest BCUT2D eigenvalue weighted by Crippen LogP contribution is -2.21. The molecule has 0 saturated heterocycles. The number of hydrogen-bond acceptors (Lipinski definition) is 3. The number of hydrogen-bond donors (Lipinski definition) is 1. The first-order valence-corrected chi connectivity index (χ1v) is 7.85. The van der Waals surface area contributed by atoms with Gasteiger partial charge in [-0.15, -0.1) is 0 Å². The number of nitrogens with one attached hydrogen (secondary N) is 1. The van der Waals surface area contributed by atoms with Crippen LogP contribution in [0.1, 0.15) is 25.0 Å². The van der Waals surface area contributed by atoms with Gasteiger partial charge in [-0.05, 0) is 48.2 Å². The lowest BCUT2D eigenvalue weighted by atomic mass is 10.0. The minimum Gasteiger partial charge on any atom is -0.497 e. The van der Waals surface area contributed by atoms with Crippen molar-refractivity contribution in [3.8, 4) is 11.5 Å². The SMILES string of the molecule is CCc1cccc(CC)c1NC(=O)COc1ccc(OC)cc1. The molecule has 2 rings (SSSR count). The van der Waals surface area contributed by atoms with Crippen LogP contribution in [0.2, 0.25) is 0 Å². The van der Waals surface area contributed by atoms with E-state index in [1.807, 2.05) is 18.2 Å². The van der Waals surface area contributed by atoms with E-state index in [0.717, 1.165) is 35.4 Å². The third kappa shape index (κ3) is 4.49. The van der Waals surface area contributed by atoms with E-state index in [4.69, 9.17) is 9.47 Å². The summed E-state index contributed by atoms with van der Waals surface area (Å²) in [5, 5.41) is 2.99. The number of carbonyl (C=O) groups is 1. The summed E-state index contributed by atoms with van der Waals surface area (Å²) in [5.74, 6) is 1.24. The summed E-state index contributed by atoms with van der Waals surface area (Å²) in [5.41, 5.74) is 3.20.